The highest BCUT2D eigenvalue weighted by Crippen LogP contribution is 2.31. The van der Waals surface area contributed by atoms with E-state index in [1.165, 1.54) is 16.7 Å². The number of aryl methyl sites for hydroxylation is 1. The number of amides is 1. The number of benzene rings is 2. The number of para-hydroxylation sites is 1. The number of fused-ring (bicyclic) bond motifs is 2. The van der Waals surface area contributed by atoms with Crippen molar-refractivity contribution in [3.63, 3.8) is 0 Å². The normalized spacial score (nSPS) is 13.7. The Balaban J connectivity index is 1.65. The molecule has 1 aromatic heterocycles. The van der Waals surface area contributed by atoms with Crippen LogP contribution in [0.25, 0.3) is 11.0 Å². The molecule has 1 amide bonds. The van der Waals surface area contributed by atoms with Crippen molar-refractivity contribution in [1.82, 2.24) is 0 Å². The first-order valence-corrected chi connectivity index (χ1v) is 8.93. The monoisotopic (exact) mass is 333 g/mol. The van der Waals surface area contributed by atoms with Gasteiger partial charge in [0.15, 0.2) is 0 Å². The van der Waals surface area contributed by atoms with Crippen LogP contribution in [0, 0.1) is 6.92 Å². The van der Waals surface area contributed by atoms with E-state index in [4.69, 9.17) is 4.42 Å². The van der Waals surface area contributed by atoms with Crippen molar-refractivity contribution >= 4 is 22.6 Å². The Morgan fingerprint density at radius 1 is 1.24 bits per heavy atom. The SMILES string of the molecule is Cc1cc2occ(CC(=O)N3CCc4ccccc43)c2cc1C(C)C. The maximum atomic E-state index is 12.9. The van der Waals surface area contributed by atoms with Crippen molar-refractivity contribution in [3.05, 3.63) is 64.9 Å². The van der Waals surface area contributed by atoms with E-state index in [1.807, 2.05) is 23.1 Å². The summed E-state index contributed by atoms with van der Waals surface area (Å²) in [6.07, 6.45) is 3.06. The van der Waals surface area contributed by atoms with Crippen LogP contribution in [0.4, 0.5) is 5.69 Å². The maximum absolute atomic E-state index is 12.9. The number of carbonyl (C=O) groups excluding carboxylic acids is 1. The molecule has 0 unspecified atom stereocenters. The lowest BCUT2D eigenvalue weighted by atomic mass is 9.95. The summed E-state index contributed by atoms with van der Waals surface area (Å²) in [5, 5.41) is 1.06. The Kier molecular flexibility index (Phi) is 3.87. The predicted molar refractivity (Wildman–Crippen MR) is 101 cm³/mol. The largest absolute Gasteiger partial charge is 0.464 e. The zero-order chi connectivity index (χ0) is 17.6. The number of rotatable bonds is 3. The third-order valence-corrected chi connectivity index (χ3v) is 5.19. The fourth-order valence-corrected chi connectivity index (χ4v) is 3.86. The van der Waals surface area contributed by atoms with Crippen molar-refractivity contribution in [2.45, 2.75) is 39.5 Å². The molecule has 0 saturated heterocycles. The molecule has 3 nitrogen and oxygen atoms in total. The number of carbonyl (C=O) groups is 1. The van der Waals surface area contributed by atoms with Gasteiger partial charge in [-0.1, -0.05) is 32.0 Å². The molecule has 4 rings (SSSR count). The van der Waals surface area contributed by atoms with E-state index in [-0.39, 0.29) is 5.91 Å². The zero-order valence-electron chi connectivity index (χ0n) is 15.0. The van der Waals surface area contributed by atoms with Crippen molar-refractivity contribution in [2.75, 3.05) is 11.4 Å². The fraction of sp³-hybridized carbons (Fsp3) is 0.318. The van der Waals surface area contributed by atoms with Gasteiger partial charge in [-0.15, -0.1) is 0 Å². The van der Waals surface area contributed by atoms with Gasteiger partial charge in [0.25, 0.3) is 0 Å². The highest BCUT2D eigenvalue weighted by atomic mass is 16.3. The molecule has 3 aromatic rings. The summed E-state index contributed by atoms with van der Waals surface area (Å²) in [4.78, 5) is 14.8. The molecule has 2 aromatic carbocycles. The number of anilines is 1. The Bertz CT molecular complexity index is 952. The van der Waals surface area contributed by atoms with Gasteiger partial charge >= 0.3 is 0 Å². The maximum Gasteiger partial charge on any atom is 0.231 e. The molecule has 0 radical (unpaired) electrons. The first kappa shape index (κ1) is 15.9. The Morgan fingerprint density at radius 2 is 2.04 bits per heavy atom. The molecule has 1 aliphatic rings. The van der Waals surface area contributed by atoms with Crippen LogP contribution < -0.4 is 4.90 Å². The fourth-order valence-electron chi connectivity index (χ4n) is 3.86. The lowest BCUT2D eigenvalue weighted by Crippen LogP contribution is -2.30. The van der Waals surface area contributed by atoms with E-state index in [0.717, 1.165) is 35.2 Å². The summed E-state index contributed by atoms with van der Waals surface area (Å²) >= 11 is 0. The molecule has 0 atom stereocenters. The van der Waals surface area contributed by atoms with E-state index in [2.05, 4.69) is 39.0 Å². The molecule has 128 valence electrons. The molecule has 1 aliphatic heterocycles. The number of hydrogen-bond donors (Lipinski definition) is 0. The van der Waals surface area contributed by atoms with Gasteiger partial charge in [-0.05, 0) is 54.2 Å². The standard InChI is InChI=1S/C22H23NO2/c1-14(2)18-12-19-17(13-25-21(19)10-15(18)3)11-22(24)23-9-8-16-6-4-5-7-20(16)23/h4-7,10,12-14H,8-9,11H2,1-3H3. The number of nitrogens with zero attached hydrogens (tertiary/aromatic N) is 1. The van der Waals surface area contributed by atoms with Gasteiger partial charge in [0.2, 0.25) is 5.91 Å². The highest BCUT2D eigenvalue weighted by molar-refractivity contribution is 5.99. The molecule has 2 heterocycles. The van der Waals surface area contributed by atoms with Gasteiger partial charge in [0.1, 0.15) is 5.58 Å². The summed E-state index contributed by atoms with van der Waals surface area (Å²) < 4.78 is 5.73. The van der Waals surface area contributed by atoms with Gasteiger partial charge in [0, 0.05) is 23.2 Å². The molecule has 0 spiro atoms. The van der Waals surface area contributed by atoms with Crippen LogP contribution in [0.1, 0.15) is 42.0 Å². The average Bonchev–Trinajstić information content (AvgIpc) is 3.18. The van der Waals surface area contributed by atoms with Gasteiger partial charge in [0.05, 0.1) is 12.7 Å². The molecular formula is C22H23NO2. The number of hydrogen-bond acceptors (Lipinski definition) is 2. The van der Waals surface area contributed by atoms with Gasteiger partial charge < -0.3 is 9.32 Å². The Morgan fingerprint density at radius 3 is 2.84 bits per heavy atom. The Labute approximate surface area is 148 Å². The minimum Gasteiger partial charge on any atom is -0.464 e. The van der Waals surface area contributed by atoms with Crippen LogP contribution >= 0.6 is 0 Å². The van der Waals surface area contributed by atoms with E-state index >= 15 is 0 Å². The molecule has 0 saturated carbocycles. The van der Waals surface area contributed by atoms with Crippen LogP contribution in [0.5, 0.6) is 0 Å². The van der Waals surface area contributed by atoms with E-state index in [1.54, 1.807) is 6.26 Å². The van der Waals surface area contributed by atoms with Crippen LogP contribution in [0.2, 0.25) is 0 Å². The van der Waals surface area contributed by atoms with Crippen molar-refractivity contribution < 1.29 is 9.21 Å². The van der Waals surface area contributed by atoms with E-state index < -0.39 is 0 Å². The van der Waals surface area contributed by atoms with E-state index in [0.29, 0.717) is 12.3 Å². The van der Waals surface area contributed by atoms with Crippen LogP contribution in [-0.2, 0) is 17.6 Å². The lowest BCUT2D eigenvalue weighted by molar-refractivity contribution is -0.117. The minimum atomic E-state index is 0.138. The van der Waals surface area contributed by atoms with Crippen LogP contribution in [-0.4, -0.2) is 12.5 Å². The second kappa shape index (κ2) is 6.07. The third-order valence-electron chi connectivity index (χ3n) is 5.19. The first-order valence-electron chi connectivity index (χ1n) is 8.93. The summed E-state index contributed by atoms with van der Waals surface area (Å²) in [6.45, 7) is 7.27. The van der Waals surface area contributed by atoms with Crippen molar-refractivity contribution in [2.24, 2.45) is 0 Å². The second-order valence-corrected chi connectivity index (χ2v) is 7.22. The van der Waals surface area contributed by atoms with Crippen LogP contribution in [0.15, 0.2) is 47.1 Å². The quantitative estimate of drug-likeness (QED) is 0.676. The highest BCUT2D eigenvalue weighted by Gasteiger charge is 2.25. The van der Waals surface area contributed by atoms with Gasteiger partial charge in [-0.2, -0.15) is 0 Å². The molecule has 0 bridgehead atoms. The molecule has 0 aliphatic carbocycles. The first-order chi connectivity index (χ1) is 12.0. The third kappa shape index (κ3) is 2.74. The van der Waals surface area contributed by atoms with Crippen molar-refractivity contribution in [1.29, 1.82) is 0 Å². The summed E-state index contributed by atoms with van der Waals surface area (Å²) in [5.41, 5.74) is 6.71. The van der Waals surface area contributed by atoms with Gasteiger partial charge in [-0.25, -0.2) is 0 Å². The summed E-state index contributed by atoms with van der Waals surface area (Å²) in [6, 6.07) is 12.5. The van der Waals surface area contributed by atoms with E-state index in [9.17, 15) is 4.79 Å². The smallest absolute Gasteiger partial charge is 0.231 e. The van der Waals surface area contributed by atoms with Crippen molar-refractivity contribution in [3.8, 4) is 0 Å². The molecule has 0 N–H and O–H groups in total. The average molecular weight is 333 g/mol. The predicted octanol–water partition coefficient (Wildman–Crippen LogP) is 5.00. The molecule has 3 heteroatoms. The number of furan rings is 1. The molecular weight excluding hydrogens is 310 g/mol. The van der Waals surface area contributed by atoms with Gasteiger partial charge in [-0.3, -0.25) is 4.79 Å². The topological polar surface area (TPSA) is 33.5 Å². The zero-order valence-corrected chi connectivity index (χ0v) is 15.0. The minimum absolute atomic E-state index is 0.138. The summed E-state index contributed by atoms with van der Waals surface area (Å²) in [7, 11) is 0. The molecule has 25 heavy (non-hydrogen) atoms. The van der Waals surface area contributed by atoms with Crippen LogP contribution in [0.3, 0.4) is 0 Å². The second-order valence-electron chi connectivity index (χ2n) is 7.22. The molecule has 0 fully saturated rings. The Hall–Kier alpha value is -2.55. The summed E-state index contributed by atoms with van der Waals surface area (Å²) in [5.74, 6) is 0.590. The lowest BCUT2D eigenvalue weighted by Gasteiger charge is -2.17.